The Morgan fingerprint density at radius 3 is 2.44 bits per heavy atom. The molecule has 0 bridgehead atoms. The van der Waals surface area contributed by atoms with Crippen molar-refractivity contribution in [2.75, 3.05) is 19.8 Å². The zero-order chi connectivity index (χ0) is 13.4. The fraction of sp³-hybridized carbons (Fsp3) is 0.538. The lowest BCUT2D eigenvalue weighted by molar-refractivity contribution is 0.0167. The third kappa shape index (κ3) is 5.78. The number of benzene rings is 1. The zero-order valence-corrected chi connectivity index (χ0v) is 11.8. The predicted octanol–water partition coefficient (Wildman–Crippen LogP) is 4.19. The van der Waals surface area contributed by atoms with E-state index in [4.69, 9.17) is 9.47 Å². The second kappa shape index (κ2) is 8.43. The van der Waals surface area contributed by atoms with Crippen molar-refractivity contribution in [2.24, 2.45) is 0 Å². The van der Waals surface area contributed by atoms with Crippen molar-refractivity contribution >= 4 is 15.9 Å². The zero-order valence-electron chi connectivity index (χ0n) is 10.2. The topological polar surface area (TPSA) is 18.5 Å². The Morgan fingerprint density at radius 2 is 1.89 bits per heavy atom. The van der Waals surface area contributed by atoms with Gasteiger partial charge in [0.05, 0.1) is 6.61 Å². The van der Waals surface area contributed by atoms with Gasteiger partial charge in [-0.05, 0) is 31.0 Å². The van der Waals surface area contributed by atoms with Crippen molar-refractivity contribution in [3.63, 3.8) is 0 Å². The minimum Gasteiger partial charge on any atom is -0.494 e. The van der Waals surface area contributed by atoms with Crippen LogP contribution in [-0.4, -0.2) is 26.2 Å². The summed E-state index contributed by atoms with van der Waals surface area (Å²) >= 11 is 3.51. The summed E-state index contributed by atoms with van der Waals surface area (Å²) < 4.78 is 33.9. The Bertz CT molecular complexity index is 330. The van der Waals surface area contributed by atoms with Crippen LogP contribution in [0.2, 0.25) is 0 Å². The molecule has 0 amide bonds. The van der Waals surface area contributed by atoms with Gasteiger partial charge in [-0.2, -0.15) is 0 Å². The molecule has 0 heterocycles. The summed E-state index contributed by atoms with van der Waals surface area (Å²) in [5.41, 5.74) is 1.08. The molecule has 102 valence electrons. The first kappa shape index (κ1) is 15.4. The molecule has 1 rings (SSSR count). The van der Waals surface area contributed by atoms with E-state index in [1.807, 2.05) is 31.2 Å². The SMILES string of the molecule is CCOc1ccc(C(Br)CCOCC(F)F)cc1. The van der Waals surface area contributed by atoms with E-state index in [1.165, 1.54) is 0 Å². The summed E-state index contributed by atoms with van der Waals surface area (Å²) in [7, 11) is 0. The van der Waals surface area contributed by atoms with E-state index >= 15 is 0 Å². The maximum Gasteiger partial charge on any atom is 0.261 e. The Kier molecular flexibility index (Phi) is 7.20. The van der Waals surface area contributed by atoms with Gasteiger partial charge in [0.2, 0.25) is 0 Å². The second-order valence-electron chi connectivity index (χ2n) is 3.72. The lowest BCUT2D eigenvalue weighted by Gasteiger charge is -2.11. The van der Waals surface area contributed by atoms with Crippen LogP contribution in [-0.2, 0) is 4.74 Å². The summed E-state index contributed by atoms with van der Waals surface area (Å²) in [4.78, 5) is 0.103. The van der Waals surface area contributed by atoms with Crippen LogP contribution in [0.3, 0.4) is 0 Å². The van der Waals surface area contributed by atoms with Crippen molar-refractivity contribution in [3.8, 4) is 5.75 Å². The first-order valence-corrected chi connectivity index (χ1v) is 6.77. The van der Waals surface area contributed by atoms with Crippen molar-refractivity contribution in [1.29, 1.82) is 0 Å². The van der Waals surface area contributed by atoms with Crippen LogP contribution < -0.4 is 4.74 Å². The average Bonchev–Trinajstić information content (AvgIpc) is 2.35. The molecule has 0 spiro atoms. The fourth-order valence-corrected chi connectivity index (χ4v) is 1.96. The molecule has 1 aromatic rings. The van der Waals surface area contributed by atoms with Gasteiger partial charge < -0.3 is 9.47 Å². The van der Waals surface area contributed by atoms with E-state index in [0.29, 0.717) is 19.6 Å². The smallest absolute Gasteiger partial charge is 0.261 e. The number of hydrogen-bond donors (Lipinski definition) is 0. The van der Waals surface area contributed by atoms with E-state index in [1.54, 1.807) is 0 Å². The van der Waals surface area contributed by atoms with E-state index in [9.17, 15) is 8.78 Å². The van der Waals surface area contributed by atoms with Crippen LogP contribution in [0.1, 0.15) is 23.7 Å². The number of rotatable bonds is 8. The number of alkyl halides is 3. The third-order valence-electron chi connectivity index (χ3n) is 2.31. The van der Waals surface area contributed by atoms with Gasteiger partial charge >= 0.3 is 0 Å². The molecular formula is C13H17BrF2O2. The molecule has 1 aromatic carbocycles. The second-order valence-corrected chi connectivity index (χ2v) is 4.83. The van der Waals surface area contributed by atoms with Gasteiger partial charge in [-0.3, -0.25) is 0 Å². The standard InChI is InChI=1S/C13H17BrF2O2/c1-2-18-11-5-3-10(4-6-11)12(14)7-8-17-9-13(15)16/h3-6,12-13H,2,7-9H2,1H3. The van der Waals surface area contributed by atoms with Gasteiger partial charge in [0.1, 0.15) is 12.4 Å². The van der Waals surface area contributed by atoms with Gasteiger partial charge in [-0.1, -0.05) is 28.1 Å². The van der Waals surface area contributed by atoms with Gasteiger partial charge in [0.15, 0.2) is 0 Å². The highest BCUT2D eigenvalue weighted by molar-refractivity contribution is 9.09. The molecule has 0 radical (unpaired) electrons. The molecule has 1 unspecified atom stereocenters. The number of ether oxygens (including phenoxy) is 2. The van der Waals surface area contributed by atoms with Crippen molar-refractivity contribution in [1.82, 2.24) is 0 Å². The Hall–Kier alpha value is -0.680. The van der Waals surface area contributed by atoms with Crippen LogP contribution >= 0.6 is 15.9 Å². The molecule has 0 fully saturated rings. The van der Waals surface area contributed by atoms with Crippen LogP contribution in [0, 0.1) is 0 Å². The molecule has 0 aliphatic rings. The van der Waals surface area contributed by atoms with Crippen LogP contribution in [0.15, 0.2) is 24.3 Å². The normalized spacial score (nSPS) is 12.7. The molecule has 0 aliphatic carbocycles. The highest BCUT2D eigenvalue weighted by Gasteiger charge is 2.08. The van der Waals surface area contributed by atoms with Gasteiger partial charge in [-0.15, -0.1) is 0 Å². The predicted molar refractivity (Wildman–Crippen MR) is 70.7 cm³/mol. The van der Waals surface area contributed by atoms with Crippen molar-refractivity contribution in [2.45, 2.75) is 24.6 Å². The van der Waals surface area contributed by atoms with Crippen LogP contribution in [0.25, 0.3) is 0 Å². The van der Waals surface area contributed by atoms with Crippen molar-refractivity contribution in [3.05, 3.63) is 29.8 Å². The molecule has 5 heteroatoms. The largest absolute Gasteiger partial charge is 0.494 e. The lowest BCUT2D eigenvalue weighted by Crippen LogP contribution is -2.06. The van der Waals surface area contributed by atoms with Gasteiger partial charge in [0, 0.05) is 11.4 Å². The third-order valence-corrected chi connectivity index (χ3v) is 3.30. The molecule has 0 aromatic heterocycles. The summed E-state index contributed by atoms with van der Waals surface area (Å²) in [6.07, 6.45) is -1.75. The first-order valence-electron chi connectivity index (χ1n) is 5.86. The molecule has 1 atom stereocenters. The first-order chi connectivity index (χ1) is 8.63. The molecule has 0 saturated carbocycles. The minimum absolute atomic E-state index is 0.103. The Labute approximate surface area is 114 Å². The lowest BCUT2D eigenvalue weighted by atomic mass is 10.1. The summed E-state index contributed by atoms with van der Waals surface area (Å²) in [5, 5.41) is 0. The van der Waals surface area contributed by atoms with Gasteiger partial charge in [0.25, 0.3) is 6.43 Å². The molecular weight excluding hydrogens is 306 g/mol. The van der Waals surface area contributed by atoms with E-state index in [2.05, 4.69) is 15.9 Å². The highest BCUT2D eigenvalue weighted by Crippen LogP contribution is 2.27. The molecule has 18 heavy (non-hydrogen) atoms. The minimum atomic E-state index is -2.40. The Morgan fingerprint density at radius 1 is 1.22 bits per heavy atom. The van der Waals surface area contributed by atoms with Crippen LogP contribution in [0.4, 0.5) is 8.78 Å². The summed E-state index contributed by atoms with van der Waals surface area (Å²) in [6, 6.07) is 7.70. The summed E-state index contributed by atoms with van der Waals surface area (Å²) in [6.45, 7) is 2.39. The van der Waals surface area contributed by atoms with Gasteiger partial charge in [-0.25, -0.2) is 8.78 Å². The van der Waals surface area contributed by atoms with Crippen molar-refractivity contribution < 1.29 is 18.3 Å². The molecule has 2 nitrogen and oxygen atoms in total. The highest BCUT2D eigenvalue weighted by atomic mass is 79.9. The Balaban J connectivity index is 2.34. The van der Waals surface area contributed by atoms with E-state index in [0.717, 1.165) is 11.3 Å². The van der Waals surface area contributed by atoms with E-state index in [-0.39, 0.29) is 4.83 Å². The summed E-state index contributed by atoms with van der Waals surface area (Å²) in [5.74, 6) is 0.829. The number of halogens is 3. The average molecular weight is 323 g/mol. The fourth-order valence-electron chi connectivity index (χ4n) is 1.47. The quantitative estimate of drug-likeness (QED) is 0.527. The monoisotopic (exact) mass is 322 g/mol. The maximum atomic E-state index is 11.8. The molecule has 0 aliphatic heterocycles. The maximum absolute atomic E-state index is 11.8. The number of hydrogen-bond acceptors (Lipinski definition) is 2. The molecule has 0 N–H and O–H groups in total. The molecule has 0 saturated heterocycles. The van der Waals surface area contributed by atoms with Crippen LogP contribution in [0.5, 0.6) is 5.75 Å². The van der Waals surface area contributed by atoms with E-state index < -0.39 is 13.0 Å².